The summed E-state index contributed by atoms with van der Waals surface area (Å²) in [4.78, 5) is 32.0. The summed E-state index contributed by atoms with van der Waals surface area (Å²) in [5.74, 6) is 6.15. The van der Waals surface area contributed by atoms with Crippen LogP contribution in [0.1, 0.15) is 46.0 Å². The number of hydrogen-bond acceptors (Lipinski definition) is 6. The van der Waals surface area contributed by atoms with Gasteiger partial charge in [0, 0.05) is 25.0 Å². The third-order valence-corrected chi connectivity index (χ3v) is 6.58. The van der Waals surface area contributed by atoms with Crippen molar-refractivity contribution in [2.24, 2.45) is 7.05 Å². The molecule has 2 aromatic carbocycles. The van der Waals surface area contributed by atoms with Crippen molar-refractivity contribution in [1.29, 1.82) is 0 Å². The monoisotopic (exact) mass is 528 g/mol. The minimum atomic E-state index is -0.654. The van der Waals surface area contributed by atoms with E-state index < -0.39 is 6.04 Å². The van der Waals surface area contributed by atoms with E-state index >= 15 is 0 Å². The van der Waals surface area contributed by atoms with E-state index in [0.29, 0.717) is 50.5 Å². The molecule has 0 spiro atoms. The highest BCUT2D eigenvalue weighted by molar-refractivity contribution is 5.95. The van der Waals surface area contributed by atoms with Crippen molar-refractivity contribution >= 4 is 22.5 Å². The van der Waals surface area contributed by atoms with Crippen LogP contribution >= 0.6 is 0 Å². The first-order chi connectivity index (χ1) is 19.4. The van der Waals surface area contributed by atoms with Crippen molar-refractivity contribution in [3.8, 4) is 23.0 Å². The van der Waals surface area contributed by atoms with E-state index in [2.05, 4.69) is 32.3 Å². The van der Waals surface area contributed by atoms with Gasteiger partial charge in [0.25, 0.3) is 5.91 Å². The maximum absolute atomic E-state index is 14.2. The van der Waals surface area contributed by atoms with E-state index in [1.54, 1.807) is 67.5 Å². The van der Waals surface area contributed by atoms with Crippen LogP contribution in [0.3, 0.4) is 0 Å². The van der Waals surface area contributed by atoms with Gasteiger partial charge in [-0.2, -0.15) is 10.2 Å². The van der Waals surface area contributed by atoms with Crippen molar-refractivity contribution in [3.63, 3.8) is 0 Å². The molecule has 0 aliphatic carbocycles. The topological polar surface area (TPSA) is 107 Å². The highest BCUT2D eigenvalue weighted by Gasteiger charge is 2.25. The average molecular weight is 529 g/mol. The van der Waals surface area contributed by atoms with Gasteiger partial charge in [0.15, 0.2) is 11.3 Å². The first-order valence-electron chi connectivity index (χ1n) is 12.7. The fourth-order valence-corrected chi connectivity index (χ4v) is 4.76. The van der Waals surface area contributed by atoms with Crippen molar-refractivity contribution in [2.45, 2.75) is 19.9 Å². The normalized spacial score (nSPS) is 11.8. The van der Waals surface area contributed by atoms with Crippen LogP contribution in [0, 0.1) is 18.8 Å². The maximum atomic E-state index is 14.2. The van der Waals surface area contributed by atoms with Crippen LogP contribution < -0.4 is 10.7 Å². The minimum absolute atomic E-state index is 0.229. The summed E-state index contributed by atoms with van der Waals surface area (Å²) in [5.41, 5.74) is 3.91. The summed E-state index contributed by atoms with van der Waals surface area (Å²) >= 11 is 0. The predicted octanol–water partition coefficient (Wildman–Crippen LogP) is 4.44. The summed E-state index contributed by atoms with van der Waals surface area (Å²) in [5, 5.41) is 11.8. The molecule has 6 rings (SSSR count). The number of nitrogens with one attached hydrogen (secondary N) is 1. The van der Waals surface area contributed by atoms with Gasteiger partial charge in [-0.05, 0) is 43.7 Å². The van der Waals surface area contributed by atoms with E-state index in [1.807, 2.05) is 37.4 Å². The number of carbonyl (C=O) groups is 1. The molecular weight excluding hydrogens is 504 g/mol. The second-order valence-electron chi connectivity index (χ2n) is 9.40. The third-order valence-electron chi connectivity index (χ3n) is 6.58. The summed E-state index contributed by atoms with van der Waals surface area (Å²) in [6, 6.07) is 17.5. The van der Waals surface area contributed by atoms with Crippen molar-refractivity contribution in [1.82, 2.24) is 29.7 Å². The van der Waals surface area contributed by atoms with E-state index in [4.69, 9.17) is 4.42 Å². The van der Waals surface area contributed by atoms with Gasteiger partial charge in [-0.15, -0.1) is 0 Å². The number of amides is 1. The Bertz CT molecular complexity index is 2030. The fourth-order valence-electron chi connectivity index (χ4n) is 4.76. The quantitative estimate of drug-likeness (QED) is 0.339. The van der Waals surface area contributed by atoms with Crippen LogP contribution in [0.2, 0.25) is 0 Å². The zero-order chi connectivity index (χ0) is 27.8. The molecule has 40 heavy (non-hydrogen) atoms. The molecular formula is C31H24N6O3. The molecule has 0 fully saturated rings. The Morgan fingerprint density at radius 3 is 2.62 bits per heavy atom. The van der Waals surface area contributed by atoms with Crippen LogP contribution in [-0.2, 0) is 7.05 Å². The standard InChI is InChI=1S/C31H24N6O3/c1-19-28(37-25(34-19)13-8-16-32-37)31(39)35-20(2)30-27(22-9-5-4-6-10-22)29(38)26-23(11-7-12-24(26)40-30)15-14-21-17-33-36(3)18-21/h4-13,16-18,20H,1-3H3,(H,35,39). The number of nitrogens with zero attached hydrogens (tertiary/aromatic N) is 5. The number of aryl methyl sites for hydroxylation is 2. The molecule has 1 N–H and O–H groups in total. The summed E-state index contributed by atoms with van der Waals surface area (Å²) in [6.45, 7) is 3.54. The maximum Gasteiger partial charge on any atom is 0.272 e. The van der Waals surface area contributed by atoms with Crippen LogP contribution in [-0.4, -0.2) is 30.3 Å². The molecule has 0 aliphatic heterocycles. The molecule has 0 bridgehead atoms. The van der Waals surface area contributed by atoms with Gasteiger partial charge in [0.2, 0.25) is 5.43 Å². The molecule has 9 heteroatoms. The number of rotatable bonds is 4. The zero-order valence-electron chi connectivity index (χ0n) is 22.0. The van der Waals surface area contributed by atoms with Crippen molar-refractivity contribution in [2.75, 3.05) is 0 Å². The van der Waals surface area contributed by atoms with Crippen molar-refractivity contribution < 1.29 is 9.21 Å². The number of imidazole rings is 1. The second-order valence-corrected chi connectivity index (χ2v) is 9.40. The first-order valence-corrected chi connectivity index (χ1v) is 12.7. The van der Waals surface area contributed by atoms with Crippen LogP contribution in [0.4, 0.5) is 0 Å². The largest absolute Gasteiger partial charge is 0.458 e. The Morgan fingerprint density at radius 2 is 1.85 bits per heavy atom. The molecule has 4 aromatic heterocycles. The second kappa shape index (κ2) is 10.0. The molecule has 1 atom stereocenters. The first kappa shape index (κ1) is 24.8. The van der Waals surface area contributed by atoms with Gasteiger partial charge in [0.1, 0.15) is 11.3 Å². The molecule has 6 aromatic rings. The Hall–Kier alpha value is -5.49. The van der Waals surface area contributed by atoms with E-state index in [-0.39, 0.29) is 11.3 Å². The van der Waals surface area contributed by atoms with Gasteiger partial charge in [-0.1, -0.05) is 48.2 Å². The van der Waals surface area contributed by atoms with Gasteiger partial charge in [0.05, 0.1) is 34.4 Å². The molecule has 4 heterocycles. The predicted molar refractivity (Wildman–Crippen MR) is 151 cm³/mol. The SMILES string of the molecule is Cc1nc2cccnn2c1C(=O)NC(C)c1oc2cccc(C#Cc3cnn(C)c3)c2c(=O)c1-c1ccccc1. The number of carbonyl (C=O) groups excluding carboxylic acids is 1. The number of hydrogen-bond donors (Lipinski definition) is 1. The lowest BCUT2D eigenvalue weighted by atomic mass is 9.97. The zero-order valence-corrected chi connectivity index (χ0v) is 22.0. The Balaban J connectivity index is 1.48. The molecule has 0 saturated heterocycles. The summed E-state index contributed by atoms with van der Waals surface area (Å²) in [6.07, 6.45) is 5.07. The highest BCUT2D eigenvalue weighted by Crippen LogP contribution is 2.30. The lowest BCUT2D eigenvalue weighted by Gasteiger charge is -2.18. The molecule has 0 aliphatic rings. The van der Waals surface area contributed by atoms with E-state index in [9.17, 15) is 9.59 Å². The number of benzene rings is 2. The average Bonchev–Trinajstić information content (AvgIpc) is 3.53. The van der Waals surface area contributed by atoms with Gasteiger partial charge in [-0.25, -0.2) is 9.50 Å². The highest BCUT2D eigenvalue weighted by atomic mass is 16.3. The van der Waals surface area contributed by atoms with E-state index in [1.165, 1.54) is 4.52 Å². The summed E-state index contributed by atoms with van der Waals surface area (Å²) < 4.78 is 9.55. The number of fused-ring (bicyclic) bond motifs is 2. The van der Waals surface area contributed by atoms with Gasteiger partial charge in [-0.3, -0.25) is 14.3 Å². The minimum Gasteiger partial charge on any atom is -0.458 e. The smallest absolute Gasteiger partial charge is 0.272 e. The summed E-state index contributed by atoms with van der Waals surface area (Å²) in [7, 11) is 1.82. The lowest BCUT2D eigenvalue weighted by molar-refractivity contribution is 0.0927. The molecule has 196 valence electrons. The number of aromatic nitrogens is 5. The van der Waals surface area contributed by atoms with E-state index in [0.717, 1.165) is 5.56 Å². The lowest BCUT2D eigenvalue weighted by Crippen LogP contribution is -2.30. The van der Waals surface area contributed by atoms with Crippen molar-refractivity contribution in [3.05, 3.63) is 118 Å². The van der Waals surface area contributed by atoms with Gasteiger partial charge < -0.3 is 9.73 Å². The molecule has 0 radical (unpaired) electrons. The third kappa shape index (κ3) is 4.41. The molecule has 9 nitrogen and oxygen atoms in total. The van der Waals surface area contributed by atoms with Crippen LogP contribution in [0.25, 0.3) is 27.7 Å². The van der Waals surface area contributed by atoms with Crippen LogP contribution in [0.15, 0.2) is 88.5 Å². The van der Waals surface area contributed by atoms with Gasteiger partial charge >= 0.3 is 0 Å². The Kier molecular flexibility index (Phi) is 6.21. The molecule has 1 unspecified atom stereocenters. The van der Waals surface area contributed by atoms with Crippen LogP contribution in [0.5, 0.6) is 0 Å². The Morgan fingerprint density at radius 1 is 1.02 bits per heavy atom. The molecule has 1 amide bonds. The fraction of sp³-hybridized carbons (Fsp3) is 0.129. The Labute approximate surface area is 229 Å². The molecule has 0 saturated carbocycles.